The SMILES string of the molecule is CCNC(=O)O[C@H]1CCCC[C@@H]1I. The van der Waals surface area contributed by atoms with E-state index in [4.69, 9.17) is 4.74 Å². The van der Waals surface area contributed by atoms with Gasteiger partial charge in [0.15, 0.2) is 0 Å². The largest absolute Gasteiger partial charge is 0.445 e. The first-order valence-corrected chi connectivity index (χ1v) is 6.07. The first kappa shape index (κ1) is 11.1. The van der Waals surface area contributed by atoms with Crippen LogP contribution in [0.4, 0.5) is 4.79 Å². The number of alkyl halides is 1. The third kappa shape index (κ3) is 3.70. The van der Waals surface area contributed by atoms with Crippen LogP contribution in [-0.2, 0) is 4.74 Å². The van der Waals surface area contributed by atoms with Gasteiger partial charge in [0.2, 0.25) is 0 Å². The minimum absolute atomic E-state index is 0.126. The number of hydrogen-bond donors (Lipinski definition) is 1. The third-order valence-corrected chi connectivity index (χ3v) is 3.63. The average molecular weight is 297 g/mol. The number of amides is 1. The number of alkyl carbamates (subject to hydrolysis) is 1. The topological polar surface area (TPSA) is 38.3 Å². The van der Waals surface area contributed by atoms with Crippen LogP contribution in [0.2, 0.25) is 0 Å². The Labute approximate surface area is 92.7 Å². The predicted octanol–water partition coefficient (Wildman–Crippen LogP) is 2.48. The molecule has 1 saturated carbocycles. The highest BCUT2D eigenvalue weighted by atomic mass is 127. The summed E-state index contributed by atoms with van der Waals surface area (Å²) < 4.78 is 5.78. The Morgan fingerprint density at radius 2 is 2.23 bits per heavy atom. The van der Waals surface area contributed by atoms with Gasteiger partial charge >= 0.3 is 6.09 Å². The van der Waals surface area contributed by atoms with Crippen molar-refractivity contribution in [2.75, 3.05) is 6.54 Å². The average Bonchev–Trinajstić information content (AvgIpc) is 2.09. The fourth-order valence-corrected chi connectivity index (χ4v) is 2.45. The molecule has 3 nitrogen and oxygen atoms in total. The smallest absolute Gasteiger partial charge is 0.407 e. The van der Waals surface area contributed by atoms with Gasteiger partial charge in [-0.05, 0) is 26.2 Å². The summed E-state index contributed by atoms with van der Waals surface area (Å²) >= 11 is 2.38. The van der Waals surface area contributed by atoms with Crippen molar-refractivity contribution in [3.8, 4) is 0 Å². The van der Waals surface area contributed by atoms with Gasteiger partial charge in [-0.2, -0.15) is 0 Å². The van der Waals surface area contributed by atoms with E-state index in [1.165, 1.54) is 19.3 Å². The number of ether oxygens (including phenoxy) is 1. The van der Waals surface area contributed by atoms with Crippen molar-refractivity contribution in [3.63, 3.8) is 0 Å². The monoisotopic (exact) mass is 297 g/mol. The zero-order chi connectivity index (χ0) is 9.68. The van der Waals surface area contributed by atoms with Gasteiger partial charge in [-0.25, -0.2) is 4.79 Å². The maximum Gasteiger partial charge on any atom is 0.407 e. The molecule has 0 aliphatic heterocycles. The van der Waals surface area contributed by atoms with E-state index < -0.39 is 0 Å². The summed E-state index contributed by atoms with van der Waals surface area (Å²) in [5, 5.41) is 2.65. The molecule has 0 aromatic carbocycles. The van der Waals surface area contributed by atoms with Crippen LogP contribution in [0.25, 0.3) is 0 Å². The molecule has 1 N–H and O–H groups in total. The molecular weight excluding hydrogens is 281 g/mol. The van der Waals surface area contributed by atoms with E-state index in [0.29, 0.717) is 10.5 Å². The number of halogens is 1. The van der Waals surface area contributed by atoms with Crippen LogP contribution in [-0.4, -0.2) is 22.7 Å². The molecule has 0 aromatic rings. The second kappa shape index (κ2) is 5.67. The van der Waals surface area contributed by atoms with Gasteiger partial charge in [0, 0.05) is 10.5 Å². The van der Waals surface area contributed by atoms with E-state index >= 15 is 0 Å². The fourth-order valence-electron chi connectivity index (χ4n) is 1.51. The molecule has 0 spiro atoms. The molecule has 0 unspecified atom stereocenters. The maximum atomic E-state index is 11.1. The van der Waals surface area contributed by atoms with E-state index in [9.17, 15) is 4.79 Å². The number of hydrogen-bond acceptors (Lipinski definition) is 2. The Balaban J connectivity index is 2.29. The summed E-state index contributed by atoms with van der Waals surface area (Å²) in [6, 6.07) is 0. The Kier molecular flexibility index (Phi) is 4.83. The lowest BCUT2D eigenvalue weighted by atomic mass is 9.98. The van der Waals surface area contributed by atoms with Crippen LogP contribution in [0, 0.1) is 0 Å². The van der Waals surface area contributed by atoms with E-state index in [-0.39, 0.29) is 12.2 Å². The second-order valence-electron chi connectivity index (χ2n) is 3.27. The van der Waals surface area contributed by atoms with Crippen LogP contribution in [0.1, 0.15) is 32.6 Å². The molecule has 76 valence electrons. The summed E-state index contributed by atoms with van der Waals surface area (Å²) in [5.41, 5.74) is 0. The lowest BCUT2D eigenvalue weighted by Gasteiger charge is -2.26. The van der Waals surface area contributed by atoms with Crippen LogP contribution >= 0.6 is 22.6 Å². The van der Waals surface area contributed by atoms with Gasteiger partial charge in [0.25, 0.3) is 0 Å². The van der Waals surface area contributed by atoms with Crippen LogP contribution in [0.5, 0.6) is 0 Å². The Morgan fingerprint density at radius 3 is 2.85 bits per heavy atom. The van der Waals surface area contributed by atoms with Crippen LogP contribution in [0.15, 0.2) is 0 Å². The van der Waals surface area contributed by atoms with Crippen LogP contribution < -0.4 is 5.32 Å². The molecule has 0 heterocycles. The van der Waals surface area contributed by atoms with E-state index in [1.807, 2.05) is 6.92 Å². The zero-order valence-corrected chi connectivity index (χ0v) is 10.0. The van der Waals surface area contributed by atoms with Gasteiger partial charge in [-0.3, -0.25) is 0 Å². The number of carbonyl (C=O) groups excluding carboxylic acids is 1. The van der Waals surface area contributed by atoms with Crippen molar-refractivity contribution < 1.29 is 9.53 Å². The molecule has 1 aliphatic carbocycles. The van der Waals surface area contributed by atoms with Crippen molar-refractivity contribution in [1.29, 1.82) is 0 Å². The Morgan fingerprint density at radius 1 is 1.54 bits per heavy atom. The molecule has 1 aliphatic rings. The van der Waals surface area contributed by atoms with Crippen molar-refractivity contribution >= 4 is 28.7 Å². The van der Waals surface area contributed by atoms with E-state index in [1.54, 1.807) is 0 Å². The molecule has 1 amide bonds. The Bertz CT molecular complexity index is 175. The van der Waals surface area contributed by atoms with Gasteiger partial charge in [-0.15, -0.1) is 0 Å². The molecule has 2 atom stereocenters. The highest BCUT2D eigenvalue weighted by molar-refractivity contribution is 14.1. The predicted molar refractivity (Wildman–Crippen MR) is 60.2 cm³/mol. The van der Waals surface area contributed by atoms with Gasteiger partial charge in [-0.1, -0.05) is 29.0 Å². The molecule has 0 aromatic heterocycles. The molecule has 13 heavy (non-hydrogen) atoms. The quantitative estimate of drug-likeness (QED) is 0.628. The molecule has 0 radical (unpaired) electrons. The first-order chi connectivity index (χ1) is 6.24. The lowest BCUT2D eigenvalue weighted by molar-refractivity contribution is 0.0825. The molecule has 1 rings (SSSR count). The fraction of sp³-hybridized carbons (Fsp3) is 0.889. The normalized spacial score (nSPS) is 28.2. The molecular formula is C9H16INO2. The van der Waals surface area contributed by atoms with Crippen LogP contribution in [0.3, 0.4) is 0 Å². The third-order valence-electron chi connectivity index (χ3n) is 2.20. The summed E-state index contributed by atoms with van der Waals surface area (Å²) in [6.07, 6.45) is 4.50. The molecule has 0 bridgehead atoms. The summed E-state index contributed by atoms with van der Waals surface area (Å²) in [4.78, 5) is 11.1. The highest BCUT2D eigenvalue weighted by Gasteiger charge is 2.25. The van der Waals surface area contributed by atoms with Gasteiger partial charge in [0.1, 0.15) is 6.10 Å². The highest BCUT2D eigenvalue weighted by Crippen LogP contribution is 2.27. The minimum Gasteiger partial charge on any atom is -0.445 e. The first-order valence-electron chi connectivity index (χ1n) is 4.82. The van der Waals surface area contributed by atoms with E-state index in [2.05, 4.69) is 27.9 Å². The zero-order valence-electron chi connectivity index (χ0n) is 7.88. The standard InChI is InChI=1S/C9H16INO2/c1-2-11-9(12)13-8-6-4-3-5-7(8)10/h7-8H,2-6H2,1H3,(H,11,12)/t7-,8-/m0/s1. The second-order valence-corrected chi connectivity index (χ2v) is 4.87. The molecule has 4 heteroatoms. The number of carbonyl (C=O) groups is 1. The van der Waals surface area contributed by atoms with Crippen molar-refractivity contribution in [1.82, 2.24) is 5.32 Å². The minimum atomic E-state index is -0.268. The number of rotatable bonds is 2. The van der Waals surface area contributed by atoms with Crippen molar-refractivity contribution in [2.45, 2.75) is 42.6 Å². The van der Waals surface area contributed by atoms with Crippen molar-refractivity contribution in [3.05, 3.63) is 0 Å². The van der Waals surface area contributed by atoms with Gasteiger partial charge < -0.3 is 10.1 Å². The summed E-state index contributed by atoms with van der Waals surface area (Å²) in [5.74, 6) is 0. The Hall–Kier alpha value is 0. The van der Waals surface area contributed by atoms with Gasteiger partial charge in [0.05, 0.1) is 0 Å². The van der Waals surface area contributed by atoms with Crippen molar-refractivity contribution in [2.24, 2.45) is 0 Å². The molecule has 0 saturated heterocycles. The molecule has 1 fully saturated rings. The maximum absolute atomic E-state index is 11.1. The lowest BCUT2D eigenvalue weighted by Crippen LogP contribution is -2.35. The van der Waals surface area contributed by atoms with E-state index in [0.717, 1.165) is 6.42 Å². The number of nitrogens with one attached hydrogen (secondary N) is 1. The summed E-state index contributed by atoms with van der Waals surface area (Å²) in [6.45, 7) is 2.53. The summed E-state index contributed by atoms with van der Waals surface area (Å²) in [7, 11) is 0.